The molecule has 0 fully saturated rings. The van der Waals surface area contributed by atoms with Crippen molar-refractivity contribution >= 4 is 22.8 Å². The van der Waals surface area contributed by atoms with Gasteiger partial charge < -0.3 is 10.6 Å². The molecule has 0 aliphatic rings. The quantitative estimate of drug-likeness (QED) is 0.500. The lowest BCUT2D eigenvalue weighted by molar-refractivity contribution is 0.249. The zero-order valence-electron chi connectivity index (χ0n) is 15.6. The zero-order chi connectivity index (χ0) is 19.5. The molecular weight excluding hydrogens is 352 g/mol. The van der Waals surface area contributed by atoms with E-state index in [1.165, 1.54) is 0 Å². The molecule has 4 rings (SSSR count). The second-order valence-electron chi connectivity index (χ2n) is 6.61. The largest absolute Gasteiger partial charge is 0.331 e. The standard InChI is InChI=1S/C21H20N6O/c1-13-10-16(8-9-22-13)19-18-11-17(12-23-20(18)27-26-19)25-21(28)24-14(2)15-6-4-3-5-7-15/h3-12,14H,1-2H3,(H,23,26,27)(H2,24,25,28)/t14-/m1/s1. The number of urea groups is 1. The first-order valence-corrected chi connectivity index (χ1v) is 9.00. The fourth-order valence-corrected chi connectivity index (χ4v) is 3.07. The van der Waals surface area contributed by atoms with Crippen molar-refractivity contribution in [3.05, 3.63) is 72.2 Å². The summed E-state index contributed by atoms with van der Waals surface area (Å²) in [5.74, 6) is 0. The molecule has 7 heteroatoms. The summed E-state index contributed by atoms with van der Waals surface area (Å²) in [6.45, 7) is 3.87. The zero-order valence-corrected chi connectivity index (χ0v) is 15.6. The lowest BCUT2D eigenvalue weighted by Crippen LogP contribution is -2.31. The molecule has 3 aromatic heterocycles. The van der Waals surface area contributed by atoms with Gasteiger partial charge in [-0.15, -0.1) is 0 Å². The number of anilines is 1. The summed E-state index contributed by atoms with van der Waals surface area (Å²) in [5, 5.41) is 13.9. The monoisotopic (exact) mass is 372 g/mol. The first-order valence-electron chi connectivity index (χ1n) is 9.00. The summed E-state index contributed by atoms with van der Waals surface area (Å²) in [6.07, 6.45) is 3.36. The van der Waals surface area contributed by atoms with Gasteiger partial charge >= 0.3 is 6.03 Å². The second kappa shape index (κ2) is 7.48. The number of benzene rings is 1. The number of pyridine rings is 2. The van der Waals surface area contributed by atoms with Crippen molar-refractivity contribution in [1.29, 1.82) is 0 Å². The molecule has 3 heterocycles. The normalized spacial score (nSPS) is 11.9. The van der Waals surface area contributed by atoms with Gasteiger partial charge in [0, 0.05) is 22.8 Å². The molecule has 0 saturated carbocycles. The molecule has 0 spiro atoms. The topological polar surface area (TPSA) is 95.6 Å². The number of carbonyl (C=O) groups excluding carboxylic acids is 1. The molecular formula is C21H20N6O. The van der Waals surface area contributed by atoms with Crippen LogP contribution in [0.4, 0.5) is 10.5 Å². The number of carbonyl (C=O) groups is 1. The Labute approximate surface area is 162 Å². The highest BCUT2D eigenvalue weighted by Crippen LogP contribution is 2.27. The van der Waals surface area contributed by atoms with Crippen LogP contribution >= 0.6 is 0 Å². The summed E-state index contributed by atoms with van der Waals surface area (Å²) < 4.78 is 0. The van der Waals surface area contributed by atoms with Gasteiger partial charge in [-0.1, -0.05) is 30.3 Å². The van der Waals surface area contributed by atoms with Gasteiger partial charge in [-0.2, -0.15) is 5.10 Å². The molecule has 140 valence electrons. The number of nitrogens with one attached hydrogen (secondary N) is 3. The first-order chi connectivity index (χ1) is 13.6. The molecule has 0 bridgehead atoms. The van der Waals surface area contributed by atoms with Crippen molar-refractivity contribution in [2.24, 2.45) is 0 Å². The Bertz CT molecular complexity index is 1120. The van der Waals surface area contributed by atoms with Gasteiger partial charge in [0.05, 0.1) is 17.9 Å². The van der Waals surface area contributed by atoms with Crippen LogP contribution in [0.2, 0.25) is 0 Å². The Hall–Kier alpha value is -3.74. The van der Waals surface area contributed by atoms with E-state index in [-0.39, 0.29) is 12.1 Å². The number of aromatic amines is 1. The fraction of sp³-hybridized carbons (Fsp3) is 0.143. The Balaban J connectivity index is 1.54. The number of hydrogen-bond acceptors (Lipinski definition) is 4. The fourth-order valence-electron chi connectivity index (χ4n) is 3.07. The molecule has 0 saturated heterocycles. The van der Waals surface area contributed by atoms with Crippen molar-refractivity contribution in [2.45, 2.75) is 19.9 Å². The van der Waals surface area contributed by atoms with Gasteiger partial charge in [0.1, 0.15) is 5.69 Å². The average Bonchev–Trinajstić information content (AvgIpc) is 3.12. The molecule has 1 aromatic carbocycles. The first kappa shape index (κ1) is 17.7. The van der Waals surface area contributed by atoms with Gasteiger partial charge in [0.15, 0.2) is 5.65 Å². The summed E-state index contributed by atoms with van der Waals surface area (Å²) in [6, 6.07) is 15.1. The maximum Gasteiger partial charge on any atom is 0.319 e. The number of rotatable bonds is 4. The summed E-state index contributed by atoms with van der Waals surface area (Å²) in [7, 11) is 0. The van der Waals surface area contributed by atoms with Crippen LogP contribution in [0.3, 0.4) is 0 Å². The summed E-state index contributed by atoms with van der Waals surface area (Å²) in [4.78, 5) is 21.0. The smallest absolute Gasteiger partial charge is 0.319 e. The number of H-pyrrole nitrogens is 1. The van der Waals surface area contributed by atoms with Crippen LogP contribution < -0.4 is 10.6 Å². The van der Waals surface area contributed by atoms with Crippen molar-refractivity contribution in [1.82, 2.24) is 25.5 Å². The second-order valence-corrected chi connectivity index (χ2v) is 6.61. The van der Waals surface area contributed by atoms with Crippen molar-refractivity contribution < 1.29 is 4.79 Å². The molecule has 0 radical (unpaired) electrons. The number of nitrogens with zero attached hydrogens (tertiary/aromatic N) is 3. The minimum atomic E-state index is -0.290. The number of amides is 2. The van der Waals surface area contributed by atoms with Crippen LogP contribution in [0.25, 0.3) is 22.3 Å². The number of fused-ring (bicyclic) bond motifs is 1. The SMILES string of the molecule is Cc1cc(-c2n[nH]c3ncc(NC(=O)N[C@H](C)c4ccccc4)cc23)ccn1. The molecule has 28 heavy (non-hydrogen) atoms. The Kier molecular flexibility index (Phi) is 4.72. The Morgan fingerprint density at radius 1 is 1.11 bits per heavy atom. The van der Waals surface area contributed by atoms with Gasteiger partial charge in [0.25, 0.3) is 0 Å². The number of aryl methyl sites for hydroxylation is 1. The van der Waals surface area contributed by atoms with Crippen LogP contribution in [0.5, 0.6) is 0 Å². The third-order valence-corrected chi connectivity index (χ3v) is 4.49. The summed E-state index contributed by atoms with van der Waals surface area (Å²) >= 11 is 0. The van der Waals surface area contributed by atoms with Crippen LogP contribution in [0, 0.1) is 6.92 Å². The molecule has 0 aliphatic carbocycles. The van der Waals surface area contributed by atoms with Gasteiger partial charge in [-0.3, -0.25) is 10.1 Å². The third kappa shape index (κ3) is 3.68. The molecule has 0 unspecified atom stereocenters. The van der Waals surface area contributed by atoms with Crippen molar-refractivity contribution in [3.8, 4) is 11.3 Å². The maximum absolute atomic E-state index is 12.4. The molecule has 1 atom stereocenters. The Morgan fingerprint density at radius 3 is 2.71 bits per heavy atom. The van der Waals surface area contributed by atoms with Crippen LogP contribution in [0.15, 0.2) is 60.9 Å². The lowest BCUT2D eigenvalue weighted by atomic mass is 10.1. The minimum absolute atomic E-state index is 0.109. The van der Waals surface area contributed by atoms with E-state index >= 15 is 0 Å². The van der Waals surface area contributed by atoms with E-state index in [9.17, 15) is 4.79 Å². The van der Waals surface area contributed by atoms with Crippen molar-refractivity contribution in [3.63, 3.8) is 0 Å². The highest BCUT2D eigenvalue weighted by Gasteiger charge is 2.13. The van der Waals surface area contributed by atoms with Crippen molar-refractivity contribution in [2.75, 3.05) is 5.32 Å². The Morgan fingerprint density at radius 2 is 1.93 bits per heavy atom. The van der Waals surface area contributed by atoms with Crippen LogP contribution in [-0.2, 0) is 0 Å². The minimum Gasteiger partial charge on any atom is -0.331 e. The van der Waals surface area contributed by atoms with E-state index in [0.29, 0.717) is 11.3 Å². The molecule has 4 aromatic rings. The molecule has 7 nitrogen and oxygen atoms in total. The van der Waals surface area contributed by atoms with E-state index in [2.05, 4.69) is 30.8 Å². The predicted octanol–water partition coefficient (Wildman–Crippen LogP) is 4.21. The highest BCUT2D eigenvalue weighted by atomic mass is 16.2. The molecule has 2 amide bonds. The van der Waals surface area contributed by atoms with Gasteiger partial charge in [0.2, 0.25) is 0 Å². The maximum atomic E-state index is 12.4. The highest BCUT2D eigenvalue weighted by molar-refractivity contribution is 5.96. The molecule has 3 N–H and O–H groups in total. The van der Waals surface area contributed by atoms with E-state index in [0.717, 1.165) is 27.9 Å². The predicted molar refractivity (Wildman–Crippen MR) is 109 cm³/mol. The average molecular weight is 372 g/mol. The van der Waals surface area contributed by atoms with E-state index in [1.54, 1.807) is 12.4 Å². The van der Waals surface area contributed by atoms with Crippen LogP contribution in [0.1, 0.15) is 24.2 Å². The lowest BCUT2D eigenvalue weighted by Gasteiger charge is -2.15. The van der Waals surface area contributed by atoms with Gasteiger partial charge in [-0.25, -0.2) is 9.78 Å². The molecule has 0 aliphatic heterocycles. The van der Waals surface area contributed by atoms with E-state index in [4.69, 9.17) is 0 Å². The number of aromatic nitrogens is 4. The van der Waals surface area contributed by atoms with E-state index < -0.39 is 0 Å². The summed E-state index contributed by atoms with van der Waals surface area (Å²) in [5.41, 5.74) is 4.92. The number of hydrogen-bond donors (Lipinski definition) is 3. The van der Waals surface area contributed by atoms with E-state index in [1.807, 2.05) is 62.4 Å². The van der Waals surface area contributed by atoms with Gasteiger partial charge in [-0.05, 0) is 37.6 Å². The third-order valence-electron chi connectivity index (χ3n) is 4.49. The van der Waals surface area contributed by atoms with Crippen LogP contribution in [-0.4, -0.2) is 26.2 Å².